The second-order valence-corrected chi connectivity index (χ2v) is 13.3. The molecule has 0 amide bonds. The predicted molar refractivity (Wildman–Crippen MR) is 179 cm³/mol. The van der Waals surface area contributed by atoms with Gasteiger partial charge in [-0.1, -0.05) is 104 Å². The lowest BCUT2D eigenvalue weighted by molar-refractivity contribution is 0.661. The van der Waals surface area contributed by atoms with Gasteiger partial charge in [0.15, 0.2) is 0 Å². The SMILES string of the molecule is CC1(C)c2cc3c(cc2-c2c1ccc1ccccc21)c1ccccc1n3-c1nc2c3c(cccc3n1)Sc1ccccc1-2. The molecule has 0 bridgehead atoms. The Kier molecular flexibility index (Phi) is 4.46. The van der Waals surface area contributed by atoms with Crippen molar-refractivity contribution in [1.82, 2.24) is 14.5 Å². The average molecular weight is 568 g/mol. The summed E-state index contributed by atoms with van der Waals surface area (Å²) in [4.78, 5) is 13.1. The fourth-order valence-corrected chi connectivity index (χ4v) is 8.68. The second kappa shape index (κ2) is 8.12. The van der Waals surface area contributed by atoms with Crippen LogP contribution < -0.4 is 0 Å². The minimum absolute atomic E-state index is 0.133. The molecule has 0 spiro atoms. The van der Waals surface area contributed by atoms with E-state index >= 15 is 0 Å². The number of aromatic nitrogens is 3. The summed E-state index contributed by atoms with van der Waals surface area (Å²) in [7, 11) is 0. The first kappa shape index (κ1) is 23.6. The average Bonchev–Trinajstić information content (AvgIpc) is 3.48. The molecule has 1 aliphatic carbocycles. The largest absolute Gasteiger partial charge is 0.278 e. The van der Waals surface area contributed by atoms with E-state index in [2.05, 4.69) is 134 Å². The van der Waals surface area contributed by atoms with Crippen molar-refractivity contribution in [3.05, 3.63) is 126 Å². The van der Waals surface area contributed by atoms with Gasteiger partial charge in [0, 0.05) is 36.9 Å². The van der Waals surface area contributed by atoms with Crippen LogP contribution in [0, 0.1) is 0 Å². The van der Waals surface area contributed by atoms with E-state index in [9.17, 15) is 0 Å². The summed E-state index contributed by atoms with van der Waals surface area (Å²) in [5.74, 6) is 0.714. The molecule has 3 heterocycles. The van der Waals surface area contributed by atoms with Crippen LogP contribution in [0.1, 0.15) is 25.0 Å². The number of fused-ring (bicyclic) bond motifs is 10. The zero-order chi connectivity index (χ0) is 28.4. The summed E-state index contributed by atoms with van der Waals surface area (Å²) in [6.45, 7) is 4.72. The molecule has 2 aliphatic rings. The summed E-state index contributed by atoms with van der Waals surface area (Å²) < 4.78 is 2.29. The molecule has 4 heteroatoms. The van der Waals surface area contributed by atoms with Crippen LogP contribution in [0.15, 0.2) is 125 Å². The highest BCUT2D eigenvalue weighted by Gasteiger charge is 2.37. The molecule has 0 fully saturated rings. The molecular formula is C39H25N3S. The van der Waals surface area contributed by atoms with Gasteiger partial charge in [-0.25, -0.2) is 9.97 Å². The van der Waals surface area contributed by atoms with Crippen LogP contribution in [0.4, 0.5) is 0 Å². The third-order valence-electron chi connectivity index (χ3n) is 9.59. The molecule has 6 aromatic carbocycles. The quantitative estimate of drug-likeness (QED) is 0.198. The molecule has 202 valence electrons. The van der Waals surface area contributed by atoms with Crippen LogP contribution in [0.25, 0.3) is 71.8 Å². The maximum atomic E-state index is 5.36. The van der Waals surface area contributed by atoms with Gasteiger partial charge in [0.25, 0.3) is 0 Å². The number of hydrogen-bond acceptors (Lipinski definition) is 3. The lowest BCUT2D eigenvalue weighted by Gasteiger charge is -2.22. The van der Waals surface area contributed by atoms with E-state index < -0.39 is 0 Å². The van der Waals surface area contributed by atoms with Crippen molar-refractivity contribution in [2.24, 2.45) is 0 Å². The van der Waals surface area contributed by atoms with Gasteiger partial charge in [-0.2, -0.15) is 0 Å². The number of nitrogens with zero attached hydrogens (tertiary/aromatic N) is 3. The van der Waals surface area contributed by atoms with Gasteiger partial charge in [0.1, 0.15) is 0 Å². The number of rotatable bonds is 1. The zero-order valence-electron chi connectivity index (χ0n) is 23.7. The van der Waals surface area contributed by atoms with Crippen molar-refractivity contribution in [2.75, 3.05) is 0 Å². The standard InChI is InChI=1S/C39H25N3S/c1-39(2)28-19-18-22-10-3-4-11-23(22)35(28)27-20-26-24-12-5-7-15-31(24)42(32(26)21-29(27)39)38-40-30-14-9-17-34-36(30)37(41-38)25-13-6-8-16-33(25)43-34/h3-21H,1-2H3. The summed E-state index contributed by atoms with van der Waals surface area (Å²) >= 11 is 1.80. The topological polar surface area (TPSA) is 30.7 Å². The number of para-hydroxylation sites is 1. The van der Waals surface area contributed by atoms with Gasteiger partial charge in [-0.3, -0.25) is 4.57 Å². The molecule has 3 nitrogen and oxygen atoms in total. The normalized spacial score (nSPS) is 14.4. The third kappa shape index (κ3) is 3.01. The predicted octanol–water partition coefficient (Wildman–Crippen LogP) is 10.3. The molecule has 1 aliphatic heterocycles. The first-order valence-corrected chi connectivity index (χ1v) is 15.6. The van der Waals surface area contributed by atoms with Crippen molar-refractivity contribution >= 4 is 55.2 Å². The number of benzene rings is 6. The highest BCUT2D eigenvalue weighted by atomic mass is 32.2. The Balaban J connectivity index is 1.32. The Morgan fingerprint density at radius 1 is 0.605 bits per heavy atom. The molecule has 0 radical (unpaired) electrons. The van der Waals surface area contributed by atoms with E-state index in [0.29, 0.717) is 5.95 Å². The molecule has 0 saturated heterocycles. The number of hydrogen-bond donors (Lipinski definition) is 0. The van der Waals surface area contributed by atoms with Crippen LogP contribution in [0.3, 0.4) is 0 Å². The van der Waals surface area contributed by atoms with E-state index in [1.807, 2.05) is 0 Å². The zero-order valence-corrected chi connectivity index (χ0v) is 24.5. The molecule has 8 aromatic rings. The first-order chi connectivity index (χ1) is 21.1. The molecule has 0 saturated carbocycles. The maximum absolute atomic E-state index is 5.36. The van der Waals surface area contributed by atoms with Crippen LogP contribution >= 0.6 is 11.8 Å². The molecular weight excluding hydrogens is 543 g/mol. The molecule has 43 heavy (non-hydrogen) atoms. The molecule has 0 atom stereocenters. The van der Waals surface area contributed by atoms with Crippen LogP contribution in [-0.4, -0.2) is 14.5 Å². The van der Waals surface area contributed by atoms with Crippen molar-refractivity contribution in [1.29, 1.82) is 0 Å². The maximum Gasteiger partial charge on any atom is 0.235 e. The van der Waals surface area contributed by atoms with Gasteiger partial charge in [0.2, 0.25) is 5.95 Å². The van der Waals surface area contributed by atoms with Crippen LogP contribution in [-0.2, 0) is 5.41 Å². The van der Waals surface area contributed by atoms with Gasteiger partial charge >= 0.3 is 0 Å². The molecule has 0 N–H and O–H groups in total. The highest BCUT2D eigenvalue weighted by molar-refractivity contribution is 7.99. The van der Waals surface area contributed by atoms with Gasteiger partial charge in [0.05, 0.1) is 22.2 Å². The van der Waals surface area contributed by atoms with E-state index in [4.69, 9.17) is 9.97 Å². The smallest absolute Gasteiger partial charge is 0.235 e. The summed E-state index contributed by atoms with van der Waals surface area (Å²) in [5, 5.41) is 6.19. The molecule has 10 rings (SSSR count). The van der Waals surface area contributed by atoms with Crippen LogP contribution in [0.2, 0.25) is 0 Å². The lowest BCUT2D eigenvalue weighted by Crippen LogP contribution is -2.15. The second-order valence-electron chi connectivity index (χ2n) is 12.2. The van der Waals surface area contributed by atoms with E-state index in [-0.39, 0.29) is 5.41 Å². The van der Waals surface area contributed by atoms with Crippen LogP contribution in [0.5, 0.6) is 0 Å². The van der Waals surface area contributed by atoms with Crippen molar-refractivity contribution in [3.63, 3.8) is 0 Å². The highest BCUT2D eigenvalue weighted by Crippen LogP contribution is 2.53. The summed E-state index contributed by atoms with van der Waals surface area (Å²) in [6.07, 6.45) is 0. The Bertz CT molecular complexity index is 2520. The van der Waals surface area contributed by atoms with Gasteiger partial charge < -0.3 is 0 Å². The van der Waals surface area contributed by atoms with Gasteiger partial charge in [-0.05, 0) is 69.4 Å². The summed E-state index contributed by atoms with van der Waals surface area (Å²) in [6, 6.07) is 41.9. The van der Waals surface area contributed by atoms with Crippen molar-refractivity contribution in [3.8, 4) is 28.3 Å². The lowest BCUT2D eigenvalue weighted by atomic mass is 9.82. The van der Waals surface area contributed by atoms with E-state index in [1.165, 1.54) is 59.2 Å². The fourth-order valence-electron chi connectivity index (χ4n) is 7.57. The molecule has 0 unspecified atom stereocenters. The van der Waals surface area contributed by atoms with E-state index in [0.717, 1.165) is 27.6 Å². The Morgan fingerprint density at radius 3 is 2.33 bits per heavy atom. The third-order valence-corrected chi connectivity index (χ3v) is 10.7. The summed E-state index contributed by atoms with van der Waals surface area (Å²) in [5.41, 5.74) is 10.7. The Labute approximate surface area is 252 Å². The molecule has 2 aromatic heterocycles. The fraction of sp³-hybridized carbons (Fsp3) is 0.0769. The monoisotopic (exact) mass is 567 g/mol. The Morgan fingerprint density at radius 2 is 1.40 bits per heavy atom. The Hall–Kier alpha value is -4.93. The minimum Gasteiger partial charge on any atom is -0.278 e. The van der Waals surface area contributed by atoms with E-state index in [1.54, 1.807) is 11.8 Å². The first-order valence-electron chi connectivity index (χ1n) is 14.8. The minimum atomic E-state index is -0.133. The van der Waals surface area contributed by atoms with Crippen molar-refractivity contribution < 1.29 is 0 Å². The van der Waals surface area contributed by atoms with Gasteiger partial charge in [-0.15, -0.1) is 0 Å². The van der Waals surface area contributed by atoms with Crippen molar-refractivity contribution in [2.45, 2.75) is 29.1 Å².